The Hall–Kier alpha value is -1.82. The first-order valence-corrected chi connectivity index (χ1v) is 5.04. The van der Waals surface area contributed by atoms with Gasteiger partial charge in [0.15, 0.2) is 5.69 Å². The molecule has 0 atom stereocenters. The normalized spacial score (nSPS) is 14.6. The van der Waals surface area contributed by atoms with Crippen molar-refractivity contribution in [1.82, 2.24) is 4.98 Å². The van der Waals surface area contributed by atoms with Crippen LogP contribution in [0.2, 0.25) is 0 Å². The maximum Gasteiger partial charge on any atom is 0.356 e. The Kier molecular flexibility index (Phi) is 2.91. The summed E-state index contributed by atoms with van der Waals surface area (Å²) in [7, 11) is 0. The van der Waals surface area contributed by atoms with Crippen LogP contribution in [0.4, 0.5) is 5.69 Å². The molecule has 0 aromatic carbocycles. The SMILES string of the molecule is NNc1ccc(OCC2CC2)nc1C(=O)O. The van der Waals surface area contributed by atoms with Gasteiger partial charge in [0.1, 0.15) is 0 Å². The Balaban J connectivity index is 2.13. The molecule has 0 unspecified atom stereocenters. The van der Waals surface area contributed by atoms with Crippen LogP contribution in [-0.2, 0) is 0 Å². The number of aromatic carboxylic acids is 1. The van der Waals surface area contributed by atoms with Gasteiger partial charge in [-0.05, 0) is 24.8 Å². The van der Waals surface area contributed by atoms with Crippen LogP contribution >= 0.6 is 0 Å². The molecule has 86 valence electrons. The summed E-state index contributed by atoms with van der Waals surface area (Å²) in [6.07, 6.45) is 2.35. The zero-order valence-electron chi connectivity index (χ0n) is 8.64. The predicted octanol–water partition coefficient (Wildman–Crippen LogP) is 0.854. The Morgan fingerprint density at radius 1 is 1.62 bits per heavy atom. The van der Waals surface area contributed by atoms with Gasteiger partial charge in [-0.2, -0.15) is 0 Å². The number of pyridine rings is 1. The Morgan fingerprint density at radius 3 is 2.94 bits per heavy atom. The number of rotatable bonds is 5. The second kappa shape index (κ2) is 4.36. The first-order valence-electron chi connectivity index (χ1n) is 5.04. The lowest BCUT2D eigenvalue weighted by Gasteiger charge is -2.08. The number of nitrogens with one attached hydrogen (secondary N) is 1. The number of ether oxygens (including phenoxy) is 1. The van der Waals surface area contributed by atoms with Crippen molar-refractivity contribution in [3.63, 3.8) is 0 Å². The van der Waals surface area contributed by atoms with Crippen molar-refractivity contribution >= 4 is 11.7 Å². The van der Waals surface area contributed by atoms with Gasteiger partial charge < -0.3 is 15.3 Å². The van der Waals surface area contributed by atoms with E-state index >= 15 is 0 Å². The molecule has 1 heterocycles. The number of nitrogen functional groups attached to an aromatic ring is 1. The van der Waals surface area contributed by atoms with E-state index in [0.717, 1.165) is 0 Å². The van der Waals surface area contributed by atoms with Crippen LogP contribution in [0, 0.1) is 5.92 Å². The highest BCUT2D eigenvalue weighted by Crippen LogP contribution is 2.29. The molecule has 6 heteroatoms. The topological polar surface area (TPSA) is 97.5 Å². The molecule has 0 amide bonds. The molecule has 1 aromatic heterocycles. The molecule has 1 fully saturated rings. The molecule has 0 bridgehead atoms. The number of nitrogens with two attached hydrogens (primary N) is 1. The largest absolute Gasteiger partial charge is 0.477 e. The summed E-state index contributed by atoms with van der Waals surface area (Å²) in [4.78, 5) is 14.7. The number of hydrogen-bond acceptors (Lipinski definition) is 5. The van der Waals surface area contributed by atoms with Crippen LogP contribution in [0.15, 0.2) is 12.1 Å². The van der Waals surface area contributed by atoms with Crippen molar-refractivity contribution in [1.29, 1.82) is 0 Å². The number of carbonyl (C=O) groups is 1. The number of aromatic nitrogens is 1. The Labute approximate surface area is 92.4 Å². The summed E-state index contributed by atoms with van der Waals surface area (Å²) in [6, 6.07) is 3.14. The van der Waals surface area contributed by atoms with E-state index in [-0.39, 0.29) is 11.4 Å². The van der Waals surface area contributed by atoms with E-state index in [1.165, 1.54) is 12.8 Å². The van der Waals surface area contributed by atoms with E-state index in [0.29, 0.717) is 18.4 Å². The molecule has 1 aliphatic rings. The zero-order chi connectivity index (χ0) is 11.5. The van der Waals surface area contributed by atoms with E-state index in [1.807, 2.05) is 0 Å². The lowest BCUT2D eigenvalue weighted by molar-refractivity contribution is 0.0690. The van der Waals surface area contributed by atoms with Crippen LogP contribution in [0.3, 0.4) is 0 Å². The molecule has 6 nitrogen and oxygen atoms in total. The van der Waals surface area contributed by atoms with E-state index in [2.05, 4.69) is 10.4 Å². The van der Waals surface area contributed by atoms with Crippen molar-refractivity contribution in [3.8, 4) is 5.88 Å². The lowest BCUT2D eigenvalue weighted by atomic mass is 10.3. The van der Waals surface area contributed by atoms with Crippen molar-refractivity contribution in [2.75, 3.05) is 12.0 Å². The molecule has 0 radical (unpaired) electrons. The van der Waals surface area contributed by atoms with Crippen LogP contribution in [0.1, 0.15) is 23.3 Å². The van der Waals surface area contributed by atoms with Gasteiger partial charge in [0.05, 0.1) is 12.3 Å². The average molecular weight is 223 g/mol. The molecule has 0 saturated heterocycles. The molecule has 0 spiro atoms. The standard InChI is InChI=1S/C10H13N3O3/c11-13-7-3-4-8(12-9(7)10(14)15)16-5-6-1-2-6/h3-4,6,13H,1-2,5,11H2,(H,14,15). The zero-order valence-corrected chi connectivity index (χ0v) is 8.64. The van der Waals surface area contributed by atoms with Crippen LogP contribution in [0.5, 0.6) is 5.88 Å². The second-order valence-corrected chi connectivity index (χ2v) is 3.75. The van der Waals surface area contributed by atoms with E-state index < -0.39 is 5.97 Å². The van der Waals surface area contributed by atoms with Gasteiger partial charge >= 0.3 is 5.97 Å². The first-order chi connectivity index (χ1) is 7.70. The van der Waals surface area contributed by atoms with Gasteiger partial charge in [-0.1, -0.05) is 0 Å². The van der Waals surface area contributed by atoms with Crippen molar-refractivity contribution in [2.24, 2.45) is 11.8 Å². The minimum Gasteiger partial charge on any atom is -0.477 e. The smallest absolute Gasteiger partial charge is 0.356 e. The van der Waals surface area contributed by atoms with Gasteiger partial charge in [-0.25, -0.2) is 9.78 Å². The summed E-state index contributed by atoms with van der Waals surface area (Å²) in [5.41, 5.74) is 2.42. The van der Waals surface area contributed by atoms with Gasteiger partial charge in [0.2, 0.25) is 5.88 Å². The van der Waals surface area contributed by atoms with Crippen molar-refractivity contribution < 1.29 is 14.6 Å². The third kappa shape index (κ3) is 2.40. The number of nitrogens with zero attached hydrogens (tertiary/aromatic N) is 1. The van der Waals surface area contributed by atoms with E-state index in [4.69, 9.17) is 15.7 Å². The summed E-state index contributed by atoms with van der Waals surface area (Å²) >= 11 is 0. The predicted molar refractivity (Wildman–Crippen MR) is 57.2 cm³/mol. The van der Waals surface area contributed by atoms with Gasteiger partial charge in [-0.3, -0.25) is 5.84 Å². The highest BCUT2D eigenvalue weighted by atomic mass is 16.5. The van der Waals surface area contributed by atoms with Crippen LogP contribution < -0.4 is 16.0 Å². The minimum atomic E-state index is -1.13. The summed E-state index contributed by atoms with van der Waals surface area (Å²) in [5.74, 6) is 4.96. The molecule has 1 saturated carbocycles. The van der Waals surface area contributed by atoms with Crippen LogP contribution in [-0.4, -0.2) is 22.7 Å². The number of carboxylic acids is 1. The van der Waals surface area contributed by atoms with Crippen molar-refractivity contribution in [3.05, 3.63) is 17.8 Å². The maximum absolute atomic E-state index is 10.9. The Morgan fingerprint density at radius 2 is 2.38 bits per heavy atom. The summed E-state index contributed by atoms with van der Waals surface area (Å²) in [5, 5.41) is 8.90. The number of hydrogen-bond donors (Lipinski definition) is 3. The van der Waals surface area contributed by atoms with Crippen LogP contribution in [0.25, 0.3) is 0 Å². The quantitative estimate of drug-likeness (QED) is 0.506. The highest BCUT2D eigenvalue weighted by Gasteiger charge is 2.22. The van der Waals surface area contributed by atoms with E-state index in [1.54, 1.807) is 12.1 Å². The lowest BCUT2D eigenvalue weighted by Crippen LogP contribution is -2.14. The number of hydrazine groups is 1. The fourth-order valence-electron chi connectivity index (χ4n) is 1.29. The average Bonchev–Trinajstić information content (AvgIpc) is 3.09. The third-order valence-corrected chi connectivity index (χ3v) is 2.39. The third-order valence-electron chi connectivity index (χ3n) is 2.39. The molecular formula is C10H13N3O3. The number of anilines is 1. The Bertz CT molecular complexity index is 404. The molecule has 16 heavy (non-hydrogen) atoms. The van der Waals surface area contributed by atoms with Crippen molar-refractivity contribution in [2.45, 2.75) is 12.8 Å². The van der Waals surface area contributed by atoms with E-state index in [9.17, 15) is 4.79 Å². The molecule has 1 aromatic rings. The monoisotopic (exact) mass is 223 g/mol. The molecular weight excluding hydrogens is 210 g/mol. The molecule has 4 N–H and O–H groups in total. The summed E-state index contributed by atoms with van der Waals surface area (Å²) < 4.78 is 5.38. The first kappa shape index (κ1) is 10.7. The molecule has 2 rings (SSSR count). The summed E-state index contributed by atoms with van der Waals surface area (Å²) in [6.45, 7) is 0.599. The molecule has 0 aliphatic heterocycles. The number of carboxylic acid groups (broad SMARTS) is 1. The maximum atomic E-state index is 10.9. The second-order valence-electron chi connectivity index (χ2n) is 3.75. The highest BCUT2D eigenvalue weighted by molar-refractivity contribution is 5.91. The van der Waals surface area contributed by atoms with Gasteiger partial charge in [-0.15, -0.1) is 0 Å². The fraction of sp³-hybridized carbons (Fsp3) is 0.400. The van der Waals surface area contributed by atoms with Gasteiger partial charge in [0, 0.05) is 6.07 Å². The minimum absolute atomic E-state index is 0.129. The fourth-order valence-corrected chi connectivity index (χ4v) is 1.29. The molecule has 1 aliphatic carbocycles. The van der Waals surface area contributed by atoms with Gasteiger partial charge in [0.25, 0.3) is 0 Å².